The molecule has 4 nitrogen and oxygen atoms in total. The van der Waals surface area contributed by atoms with E-state index in [9.17, 15) is 4.79 Å². The van der Waals surface area contributed by atoms with E-state index in [2.05, 4.69) is 24.5 Å². The van der Waals surface area contributed by atoms with Gasteiger partial charge in [-0.1, -0.05) is 43.6 Å². The van der Waals surface area contributed by atoms with E-state index >= 15 is 0 Å². The number of halogens is 1. The van der Waals surface area contributed by atoms with Crippen LogP contribution in [0.25, 0.3) is 0 Å². The first-order valence-electron chi connectivity index (χ1n) is 7.32. The molecular weight excluding hydrogens is 288 g/mol. The molecule has 0 bridgehead atoms. The lowest BCUT2D eigenvalue weighted by molar-refractivity contribution is -0.122. The largest absolute Gasteiger partial charge is 0.378 e. The van der Waals surface area contributed by atoms with E-state index in [4.69, 9.17) is 16.3 Å². The molecule has 1 atom stereocenters. The van der Waals surface area contributed by atoms with Gasteiger partial charge in [-0.2, -0.15) is 0 Å². The molecule has 1 amide bonds. The maximum atomic E-state index is 12.0. The Morgan fingerprint density at radius 1 is 1.48 bits per heavy atom. The summed E-state index contributed by atoms with van der Waals surface area (Å²) in [6, 6.07) is 7.88. The Morgan fingerprint density at radius 2 is 2.24 bits per heavy atom. The summed E-state index contributed by atoms with van der Waals surface area (Å²) in [5.41, 5.74) is 0.843. The van der Waals surface area contributed by atoms with Gasteiger partial charge in [-0.3, -0.25) is 4.79 Å². The van der Waals surface area contributed by atoms with Crippen LogP contribution in [0, 0.1) is 0 Å². The zero-order valence-corrected chi connectivity index (χ0v) is 13.4. The summed E-state index contributed by atoms with van der Waals surface area (Å²) in [7, 11) is 0. The lowest BCUT2D eigenvalue weighted by Crippen LogP contribution is -2.45. The molecule has 1 aliphatic heterocycles. The standard InChI is InChI=1S/C16H23ClN2O2/c1-16(2,13-5-3-4-6-14(13)17)11-19-15(20)9-12-10-21-8-7-18-12/h3-6,12,18H,7-11H2,1-2H3,(H,19,20). The first-order valence-corrected chi connectivity index (χ1v) is 7.70. The molecule has 0 saturated carbocycles. The minimum absolute atomic E-state index is 0.0399. The van der Waals surface area contributed by atoms with Crippen LogP contribution in [0.15, 0.2) is 24.3 Å². The molecule has 2 rings (SSSR count). The molecule has 1 aromatic carbocycles. The van der Waals surface area contributed by atoms with Gasteiger partial charge in [-0.05, 0) is 11.6 Å². The van der Waals surface area contributed by atoms with Crippen LogP contribution < -0.4 is 10.6 Å². The Morgan fingerprint density at radius 3 is 2.90 bits per heavy atom. The third-order valence-corrected chi connectivity index (χ3v) is 4.09. The highest BCUT2D eigenvalue weighted by atomic mass is 35.5. The molecular formula is C16H23ClN2O2. The third kappa shape index (κ3) is 4.70. The van der Waals surface area contributed by atoms with Gasteiger partial charge in [-0.15, -0.1) is 0 Å². The molecule has 0 radical (unpaired) electrons. The Hall–Kier alpha value is -1.10. The second-order valence-corrected chi connectivity index (χ2v) is 6.48. The highest BCUT2D eigenvalue weighted by Crippen LogP contribution is 2.28. The molecule has 1 saturated heterocycles. The second-order valence-electron chi connectivity index (χ2n) is 6.07. The second kappa shape index (κ2) is 7.25. The van der Waals surface area contributed by atoms with Crippen LogP contribution in [0.3, 0.4) is 0 Å². The van der Waals surface area contributed by atoms with Crippen molar-refractivity contribution in [3.8, 4) is 0 Å². The number of carbonyl (C=O) groups excluding carboxylic acids is 1. The van der Waals surface area contributed by atoms with E-state index in [0.717, 1.165) is 23.7 Å². The highest BCUT2D eigenvalue weighted by Gasteiger charge is 2.24. The van der Waals surface area contributed by atoms with Crippen molar-refractivity contribution in [2.24, 2.45) is 0 Å². The maximum absolute atomic E-state index is 12.0. The van der Waals surface area contributed by atoms with Crippen LogP contribution in [-0.2, 0) is 14.9 Å². The van der Waals surface area contributed by atoms with Gasteiger partial charge in [0.05, 0.1) is 13.2 Å². The van der Waals surface area contributed by atoms with Gasteiger partial charge in [0.15, 0.2) is 0 Å². The monoisotopic (exact) mass is 310 g/mol. The average Bonchev–Trinajstić information content (AvgIpc) is 2.47. The minimum Gasteiger partial charge on any atom is -0.378 e. The summed E-state index contributed by atoms with van der Waals surface area (Å²) in [5.74, 6) is 0.0399. The zero-order chi connectivity index (χ0) is 15.3. The van der Waals surface area contributed by atoms with Crippen LogP contribution in [0.4, 0.5) is 0 Å². The summed E-state index contributed by atoms with van der Waals surface area (Å²) in [5, 5.41) is 7.02. The zero-order valence-electron chi connectivity index (χ0n) is 12.6. The number of hydrogen-bond donors (Lipinski definition) is 2. The molecule has 1 unspecified atom stereocenters. The smallest absolute Gasteiger partial charge is 0.221 e. The number of hydrogen-bond acceptors (Lipinski definition) is 3. The fourth-order valence-electron chi connectivity index (χ4n) is 2.47. The van der Waals surface area contributed by atoms with Crippen LogP contribution in [-0.4, -0.2) is 38.3 Å². The number of carbonyl (C=O) groups is 1. The predicted molar refractivity (Wildman–Crippen MR) is 84.7 cm³/mol. The fraction of sp³-hybridized carbons (Fsp3) is 0.562. The summed E-state index contributed by atoms with van der Waals surface area (Å²) in [6.45, 7) is 6.85. The van der Waals surface area contributed by atoms with Crippen molar-refractivity contribution >= 4 is 17.5 Å². The lowest BCUT2D eigenvalue weighted by Gasteiger charge is -2.28. The highest BCUT2D eigenvalue weighted by molar-refractivity contribution is 6.31. The molecule has 0 aliphatic carbocycles. The van der Waals surface area contributed by atoms with Crippen LogP contribution in [0.2, 0.25) is 5.02 Å². The summed E-state index contributed by atoms with van der Waals surface area (Å²) in [4.78, 5) is 12.0. The maximum Gasteiger partial charge on any atom is 0.221 e. The molecule has 0 spiro atoms. The summed E-state index contributed by atoms with van der Waals surface area (Å²) < 4.78 is 5.35. The van der Waals surface area contributed by atoms with Gasteiger partial charge in [0.1, 0.15) is 0 Å². The molecule has 2 N–H and O–H groups in total. The van der Waals surface area contributed by atoms with Gasteiger partial charge < -0.3 is 15.4 Å². The number of nitrogens with one attached hydrogen (secondary N) is 2. The Kier molecular flexibility index (Phi) is 5.62. The van der Waals surface area contributed by atoms with Crippen LogP contribution in [0.5, 0.6) is 0 Å². The van der Waals surface area contributed by atoms with Gasteiger partial charge in [0.2, 0.25) is 5.91 Å². The Bertz CT molecular complexity index is 485. The quantitative estimate of drug-likeness (QED) is 0.876. The molecule has 1 fully saturated rings. The molecule has 5 heteroatoms. The van der Waals surface area contributed by atoms with E-state index in [-0.39, 0.29) is 17.4 Å². The van der Waals surface area contributed by atoms with E-state index < -0.39 is 0 Å². The first-order chi connectivity index (χ1) is 9.99. The normalized spacial score (nSPS) is 19.3. The van der Waals surface area contributed by atoms with E-state index in [1.807, 2.05) is 24.3 Å². The topological polar surface area (TPSA) is 50.4 Å². The Balaban J connectivity index is 1.86. The number of rotatable bonds is 5. The first kappa shape index (κ1) is 16.3. The predicted octanol–water partition coefficient (Wildman–Crippen LogP) is 2.11. The van der Waals surface area contributed by atoms with Crippen molar-refractivity contribution in [3.63, 3.8) is 0 Å². The van der Waals surface area contributed by atoms with Crippen LogP contribution in [0.1, 0.15) is 25.8 Å². The molecule has 1 aromatic rings. The third-order valence-electron chi connectivity index (χ3n) is 3.76. The SMILES string of the molecule is CC(C)(CNC(=O)CC1COCCN1)c1ccccc1Cl. The number of benzene rings is 1. The van der Waals surface area contributed by atoms with E-state index in [1.54, 1.807) is 0 Å². The van der Waals surface area contributed by atoms with Crippen molar-refractivity contribution in [3.05, 3.63) is 34.9 Å². The van der Waals surface area contributed by atoms with Gasteiger partial charge >= 0.3 is 0 Å². The lowest BCUT2D eigenvalue weighted by atomic mass is 9.84. The Labute approximate surface area is 131 Å². The van der Waals surface area contributed by atoms with Crippen LogP contribution >= 0.6 is 11.6 Å². The number of amides is 1. The summed E-state index contributed by atoms with van der Waals surface area (Å²) >= 11 is 6.24. The molecule has 21 heavy (non-hydrogen) atoms. The molecule has 0 aromatic heterocycles. The summed E-state index contributed by atoms with van der Waals surface area (Å²) in [6.07, 6.45) is 0.443. The van der Waals surface area contributed by atoms with Crippen molar-refractivity contribution in [2.45, 2.75) is 31.7 Å². The fourth-order valence-corrected chi connectivity index (χ4v) is 2.86. The van der Waals surface area contributed by atoms with Gasteiger partial charge in [-0.25, -0.2) is 0 Å². The molecule has 116 valence electrons. The average molecular weight is 311 g/mol. The van der Waals surface area contributed by atoms with Gasteiger partial charge in [0, 0.05) is 36.0 Å². The molecule has 1 heterocycles. The molecule has 1 aliphatic rings. The number of ether oxygens (including phenoxy) is 1. The van der Waals surface area contributed by atoms with E-state index in [1.165, 1.54) is 0 Å². The number of morpholine rings is 1. The van der Waals surface area contributed by atoms with Crippen molar-refractivity contribution in [1.29, 1.82) is 0 Å². The van der Waals surface area contributed by atoms with E-state index in [0.29, 0.717) is 19.6 Å². The van der Waals surface area contributed by atoms with Crippen molar-refractivity contribution < 1.29 is 9.53 Å². The minimum atomic E-state index is -0.204. The van der Waals surface area contributed by atoms with Gasteiger partial charge in [0.25, 0.3) is 0 Å². The van der Waals surface area contributed by atoms with Crippen molar-refractivity contribution in [1.82, 2.24) is 10.6 Å². The van der Waals surface area contributed by atoms with Crippen molar-refractivity contribution in [2.75, 3.05) is 26.3 Å².